The number of ether oxygens (including phenoxy) is 8. The van der Waals surface area contributed by atoms with E-state index in [1.54, 1.807) is 85.8 Å². The SMILES string of the molecule is Cc1cc(S(=O)(=O)O)c2c(NC(=O)c3ccc(-c4ccc(NC(=O)COCCOCC(=O)NCCCC(=O)C5CC(NC(=O)c6cc(=O)[nH]c(=O)[nH]6)C(OC6OC(C)C(O)C(O)C6O)C(OC6OC(CO)C(O)C(O[C@@H](CC7CCCCC7)C(=O)O)C6OC(=O)c6ccccc6)C5)cc4)cc3)cccc2c1.O=S(=O)=O. The molecule has 13 N–H and O–H groups in total. The van der Waals surface area contributed by atoms with E-state index in [1.165, 1.54) is 37.3 Å². The maximum atomic E-state index is 14.6. The molecule has 15 atom stereocenters. The zero-order valence-electron chi connectivity index (χ0n) is 59.4. The number of rotatable bonds is 31. The number of amides is 4. The van der Waals surface area contributed by atoms with Crippen molar-refractivity contribution in [1.82, 2.24) is 20.6 Å². The maximum Gasteiger partial charge on any atom is 0.425 e. The van der Waals surface area contributed by atoms with Crippen LogP contribution >= 0.6 is 0 Å². The van der Waals surface area contributed by atoms with Gasteiger partial charge in [-0.15, -0.1) is 12.6 Å². The lowest BCUT2D eigenvalue weighted by Gasteiger charge is -2.49. The molecule has 37 heteroatoms. The second-order valence-corrected chi connectivity index (χ2v) is 28.7. The molecule has 2 aliphatic heterocycles. The Kier molecular flexibility index (Phi) is 30.4. The summed E-state index contributed by atoms with van der Waals surface area (Å²) < 4.78 is 108. The molecular formula is C73H86N6O29S2. The van der Waals surface area contributed by atoms with Crippen molar-refractivity contribution < 1.29 is 128 Å². The number of hydrogen-bond donors (Lipinski definition) is 13. The number of carboxylic acids is 1. The smallest absolute Gasteiger partial charge is 0.425 e. The molecule has 35 nitrogen and oxygen atoms in total. The van der Waals surface area contributed by atoms with Crippen LogP contribution in [0, 0.1) is 18.8 Å². The molecule has 4 aliphatic rings. The van der Waals surface area contributed by atoms with Gasteiger partial charge in [0.25, 0.3) is 27.5 Å². The van der Waals surface area contributed by atoms with E-state index in [0.29, 0.717) is 29.5 Å². The minimum absolute atomic E-state index is 0.00209. The summed E-state index contributed by atoms with van der Waals surface area (Å²) in [6.07, 6.45) is -19.2. The van der Waals surface area contributed by atoms with Crippen molar-refractivity contribution in [3.8, 4) is 11.1 Å². The number of carbonyl (C=O) groups excluding carboxylic acids is 6. The number of benzene rings is 5. The molecule has 3 heterocycles. The second kappa shape index (κ2) is 39.5. The Bertz CT molecular complexity index is 4530. The number of Topliss-reactive ketones (excluding diaryl/α,β-unsaturated/α-hetero) is 1. The number of carboxylic acid groups (broad SMARTS) is 1. The topological polar surface area (TPSA) is 534 Å². The highest BCUT2D eigenvalue weighted by molar-refractivity contribution is 7.86. The Labute approximate surface area is 630 Å². The van der Waals surface area contributed by atoms with Crippen molar-refractivity contribution in [1.29, 1.82) is 0 Å². The van der Waals surface area contributed by atoms with Crippen molar-refractivity contribution in [3.05, 3.63) is 158 Å². The number of fused-ring (bicyclic) bond motifs is 1. The fraction of sp³-hybridized carbons (Fsp3) is 0.466. The van der Waals surface area contributed by atoms with E-state index in [1.807, 2.05) is 4.98 Å². The number of aromatic amines is 2. The van der Waals surface area contributed by atoms with E-state index in [2.05, 4.69) is 26.3 Å². The van der Waals surface area contributed by atoms with Gasteiger partial charge >= 0.3 is 28.2 Å². The molecule has 14 unspecified atom stereocenters. The van der Waals surface area contributed by atoms with Crippen LogP contribution in [0.5, 0.6) is 0 Å². The molecule has 594 valence electrons. The van der Waals surface area contributed by atoms with E-state index in [0.717, 1.165) is 36.5 Å². The summed E-state index contributed by atoms with van der Waals surface area (Å²) in [5.74, 6) is -6.77. The second-order valence-electron chi connectivity index (χ2n) is 26.9. The van der Waals surface area contributed by atoms with E-state index in [-0.39, 0.29) is 91.5 Å². The van der Waals surface area contributed by atoms with Crippen LogP contribution in [0.25, 0.3) is 21.9 Å². The number of anilines is 2. The third-order valence-corrected chi connectivity index (χ3v) is 19.8. The minimum atomic E-state index is -4.62. The predicted molar refractivity (Wildman–Crippen MR) is 384 cm³/mol. The first-order chi connectivity index (χ1) is 52.4. The lowest BCUT2D eigenvalue weighted by Crippen LogP contribution is -2.65. The Morgan fingerprint density at radius 3 is 2.00 bits per heavy atom. The molecule has 10 rings (SSSR count). The number of aliphatic hydroxyl groups excluding tert-OH is 5. The molecule has 0 spiro atoms. The van der Waals surface area contributed by atoms with Crippen LogP contribution in [0.4, 0.5) is 11.4 Å². The zero-order valence-corrected chi connectivity index (χ0v) is 61.1. The van der Waals surface area contributed by atoms with Crippen molar-refractivity contribution in [2.24, 2.45) is 11.8 Å². The van der Waals surface area contributed by atoms with Gasteiger partial charge in [0.1, 0.15) is 72.3 Å². The van der Waals surface area contributed by atoms with E-state index in [9.17, 15) is 86.8 Å². The highest BCUT2D eigenvalue weighted by Gasteiger charge is 2.55. The van der Waals surface area contributed by atoms with E-state index in [4.69, 9.17) is 50.5 Å². The maximum absolute atomic E-state index is 14.6. The van der Waals surface area contributed by atoms with Gasteiger partial charge in [-0.25, -0.2) is 14.4 Å². The van der Waals surface area contributed by atoms with Crippen LogP contribution in [0.1, 0.15) is 108 Å². The number of aliphatic hydroxyl groups is 5. The number of carbonyl (C=O) groups is 7. The van der Waals surface area contributed by atoms with E-state index < -0.39 is 184 Å². The Morgan fingerprint density at radius 1 is 0.691 bits per heavy atom. The molecule has 5 aromatic carbocycles. The van der Waals surface area contributed by atoms with Crippen LogP contribution in [0.15, 0.2) is 130 Å². The number of aromatic nitrogens is 2. The summed E-state index contributed by atoms with van der Waals surface area (Å²) in [6, 6.07) is 28.3. The number of hydrogen-bond acceptors (Lipinski definition) is 27. The number of nitrogens with one attached hydrogen (secondary N) is 6. The van der Waals surface area contributed by atoms with Gasteiger partial charge in [-0.1, -0.05) is 92.8 Å². The molecule has 4 amide bonds. The highest BCUT2D eigenvalue weighted by atomic mass is 32.2. The average molecular weight is 1580 g/mol. The summed E-state index contributed by atoms with van der Waals surface area (Å²) in [7, 11) is -7.73. The van der Waals surface area contributed by atoms with Crippen molar-refractivity contribution in [2.45, 2.75) is 169 Å². The summed E-state index contributed by atoms with van der Waals surface area (Å²) >= 11 is 0. The van der Waals surface area contributed by atoms with Crippen LogP contribution in [0.3, 0.4) is 0 Å². The Hall–Kier alpha value is -9.42. The Balaban J connectivity index is 0.00000340. The summed E-state index contributed by atoms with van der Waals surface area (Å²) in [5, 5.41) is 77.7. The fourth-order valence-corrected chi connectivity index (χ4v) is 14.4. The Morgan fingerprint density at radius 2 is 1.35 bits per heavy atom. The van der Waals surface area contributed by atoms with Gasteiger partial charge in [0.15, 0.2) is 24.8 Å². The van der Waals surface area contributed by atoms with Crippen molar-refractivity contribution in [3.63, 3.8) is 0 Å². The van der Waals surface area contributed by atoms with Gasteiger partial charge in [-0.05, 0) is 116 Å². The normalized spacial score (nSPS) is 24.5. The number of ketones is 1. The number of H-pyrrole nitrogens is 2. The highest BCUT2D eigenvalue weighted by Crippen LogP contribution is 2.39. The fourth-order valence-electron chi connectivity index (χ4n) is 13.5. The molecule has 4 fully saturated rings. The van der Waals surface area contributed by atoms with Crippen LogP contribution in [0.2, 0.25) is 0 Å². The van der Waals surface area contributed by atoms with E-state index >= 15 is 0 Å². The quantitative estimate of drug-likeness (QED) is 0.0168. The molecule has 6 aromatic rings. The average Bonchev–Trinajstić information content (AvgIpc) is 0.775. The molecular weight excluding hydrogens is 1490 g/mol. The lowest BCUT2D eigenvalue weighted by molar-refractivity contribution is -0.347. The summed E-state index contributed by atoms with van der Waals surface area (Å²) in [6.45, 7) is 1.11. The molecule has 0 bridgehead atoms. The first-order valence-corrected chi connectivity index (χ1v) is 37.7. The van der Waals surface area contributed by atoms with Gasteiger partial charge in [-0.2, -0.15) is 8.42 Å². The number of aliphatic carboxylic acids is 1. The van der Waals surface area contributed by atoms with Crippen molar-refractivity contribution >= 4 is 84.2 Å². The van der Waals surface area contributed by atoms with Gasteiger partial charge < -0.3 is 94.8 Å². The summed E-state index contributed by atoms with van der Waals surface area (Å²) in [4.78, 5) is 124. The minimum Gasteiger partial charge on any atom is -0.479 e. The molecule has 110 heavy (non-hydrogen) atoms. The lowest BCUT2D eigenvalue weighted by atomic mass is 9.78. The van der Waals surface area contributed by atoms with Gasteiger partial charge in [0.05, 0.1) is 49.3 Å². The monoisotopic (exact) mass is 1570 g/mol. The first-order valence-electron chi connectivity index (χ1n) is 35.2. The largest absolute Gasteiger partial charge is 0.479 e. The molecule has 0 radical (unpaired) electrons. The number of esters is 1. The van der Waals surface area contributed by atoms with Crippen LogP contribution in [-0.4, -0.2) is 233 Å². The van der Waals surface area contributed by atoms with Gasteiger partial charge in [-0.3, -0.25) is 38.3 Å². The molecule has 1 aromatic heterocycles. The third-order valence-electron chi connectivity index (χ3n) is 18.9. The summed E-state index contributed by atoms with van der Waals surface area (Å²) in [5.41, 5.74) is 0.467. The van der Waals surface area contributed by atoms with Gasteiger partial charge in [0.2, 0.25) is 11.8 Å². The predicted octanol–water partition coefficient (Wildman–Crippen LogP) is 2.04. The third kappa shape index (κ3) is 23.3. The van der Waals surface area contributed by atoms with Crippen LogP contribution < -0.4 is 32.5 Å². The molecule has 2 saturated heterocycles. The molecule has 2 saturated carbocycles. The van der Waals surface area contributed by atoms with Crippen molar-refractivity contribution in [2.75, 3.05) is 50.2 Å². The zero-order chi connectivity index (χ0) is 79.5. The molecule has 2 aliphatic carbocycles. The standard InChI is InChI=1S/C73H86N6O26S.O3S/c1-38-29-45-15-9-16-48(59(45)55(30-38)106(95,96)97)76-67(89)43-20-18-41(19-21-43)42-22-24-47(25-23-42)75-58(84)37-99-28-27-98-36-57(83)74-26-10-17-51(81)46-32-49(77-68(90)50-34-56(82)79-73(94)78-50)64(105-71-63(88)62(87)60(85)39(2)100-71)52(33-46)102-72-66(104-70(93)44-13-7-4-8-14-44)65(61(86)54(35-80)103-72)101-53(69(91)92)31-40-11-5-3-6-12-40;1-4(2)3/h4,7-9,13-16,18-25,29-30,34,39-40,46,49,52-54,60-66,71-72,80,85-88H,3,5-6,10-12,17,26-28,31-33,35-37H2,1-2H3,(H,74,83)(H,75,84)(H,76,89)(H,77,90)(H,91,92)(H,95,96,97)(H2,78,79,82,94);/t39?,46?,49?,52?,53-,54?,60?,61?,62?,63?,64?,65?,66?,71?,72?;/m0./s1. The van der Waals surface area contributed by atoms with Crippen LogP contribution in [-0.2, 0) is 77.8 Å². The van der Waals surface area contributed by atoms with Gasteiger partial charge in [0, 0.05) is 41.6 Å². The first kappa shape index (κ1) is 84.6. The number of aryl methyl sites for hydroxylation is 1.